The number of carboxylic acid groups (broad SMARTS) is 1. The van der Waals surface area contributed by atoms with E-state index >= 15 is 0 Å². The summed E-state index contributed by atoms with van der Waals surface area (Å²) in [5.41, 5.74) is 5.51. The van der Waals surface area contributed by atoms with Crippen LogP contribution in [0.15, 0.2) is 24.4 Å². The molecule has 1 atom stereocenters. The van der Waals surface area contributed by atoms with Crippen molar-refractivity contribution in [2.75, 3.05) is 5.73 Å². The number of nitrogen functional groups attached to an aromatic ring is 1. The van der Waals surface area contributed by atoms with Crippen molar-refractivity contribution in [1.29, 1.82) is 0 Å². The molecular formula is C8H10N2O3. The number of pyridine rings is 1. The standard InChI is InChI=1S/C8H10N2O3/c9-7-3-1-2-4-10(7)5-6(11)8(12)13/h1-4,6,9,11H,5H2,(H,12,13). The normalized spacial score (nSPS) is 12.4. The summed E-state index contributed by atoms with van der Waals surface area (Å²) < 4.78 is 1.43. The van der Waals surface area contributed by atoms with Crippen molar-refractivity contribution in [2.24, 2.45) is 0 Å². The monoisotopic (exact) mass is 182 g/mol. The van der Waals surface area contributed by atoms with Crippen LogP contribution < -0.4 is 15.4 Å². The Hall–Kier alpha value is -1.62. The topological polar surface area (TPSA) is 90.3 Å². The van der Waals surface area contributed by atoms with Crippen LogP contribution in [0.2, 0.25) is 0 Å². The van der Waals surface area contributed by atoms with E-state index in [0.717, 1.165) is 0 Å². The molecule has 1 aromatic rings. The summed E-state index contributed by atoms with van der Waals surface area (Å²) in [5, 5.41) is 19.2. The number of nitrogens with zero attached hydrogens (tertiary/aromatic N) is 1. The number of anilines is 1. The van der Waals surface area contributed by atoms with Crippen LogP contribution in [0.25, 0.3) is 0 Å². The number of aliphatic hydroxyl groups is 1. The van der Waals surface area contributed by atoms with Crippen molar-refractivity contribution < 1.29 is 19.6 Å². The smallest absolute Gasteiger partial charge is 0.272 e. The summed E-state index contributed by atoms with van der Waals surface area (Å²) in [7, 11) is 0. The van der Waals surface area contributed by atoms with Gasteiger partial charge in [0.15, 0.2) is 0 Å². The summed E-state index contributed by atoms with van der Waals surface area (Å²) in [6, 6.07) is 5.03. The summed E-state index contributed by atoms with van der Waals surface area (Å²) in [4.78, 5) is 10.2. The lowest BCUT2D eigenvalue weighted by Crippen LogP contribution is -2.48. The van der Waals surface area contributed by atoms with Crippen LogP contribution in [0.5, 0.6) is 0 Å². The molecule has 0 saturated heterocycles. The highest BCUT2D eigenvalue weighted by Gasteiger charge is 2.10. The Morgan fingerprint density at radius 3 is 2.92 bits per heavy atom. The van der Waals surface area contributed by atoms with Crippen LogP contribution in [0.1, 0.15) is 0 Å². The van der Waals surface area contributed by atoms with E-state index in [1.807, 2.05) is 0 Å². The molecule has 0 amide bonds. The fourth-order valence-electron chi connectivity index (χ4n) is 0.917. The molecule has 0 bridgehead atoms. The van der Waals surface area contributed by atoms with Crippen molar-refractivity contribution in [3.63, 3.8) is 0 Å². The molecule has 3 N–H and O–H groups in total. The minimum Gasteiger partial charge on any atom is -0.547 e. The van der Waals surface area contributed by atoms with Crippen LogP contribution in [0.3, 0.4) is 0 Å². The molecule has 13 heavy (non-hydrogen) atoms. The summed E-state index contributed by atoms with van der Waals surface area (Å²) in [6.07, 6.45) is 0.0521. The van der Waals surface area contributed by atoms with Crippen LogP contribution in [-0.2, 0) is 11.3 Å². The SMILES string of the molecule is Nc1cccc[n+]1CC(O)C(=O)[O-]. The third kappa shape index (κ3) is 2.41. The molecule has 0 saturated carbocycles. The number of rotatable bonds is 3. The zero-order valence-electron chi connectivity index (χ0n) is 6.88. The maximum Gasteiger partial charge on any atom is 0.272 e. The second kappa shape index (κ2) is 3.86. The number of carbonyl (C=O) groups is 1. The van der Waals surface area contributed by atoms with Crippen molar-refractivity contribution >= 4 is 11.8 Å². The number of hydrogen-bond donors (Lipinski definition) is 2. The second-order valence-corrected chi connectivity index (χ2v) is 2.61. The van der Waals surface area contributed by atoms with Gasteiger partial charge in [0.25, 0.3) is 5.82 Å². The van der Waals surface area contributed by atoms with Crippen LogP contribution in [0, 0.1) is 0 Å². The van der Waals surface area contributed by atoms with Crippen LogP contribution >= 0.6 is 0 Å². The van der Waals surface area contributed by atoms with Gasteiger partial charge in [-0.3, -0.25) is 5.73 Å². The number of carboxylic acids is 1. The van der Waals surface area contributed by atoms with Crippen LogP contribution in [-0.4, -0.2) is 17.2 Å². The minimum atomic E-state index is -1.53. The molecule has 5 heteroatoms. The average Bonchev–Trinajstić information content (AvgIpc) is 2.08. The first kappa shape index (κ1) is 9.47. The first-order valence-corrected chi connectivity index (χ1v) is 3.74. The minimum absolute atomic E-state index is 0.102. The fourth-order valence-corrected chi connectivity index (χ4v) is 0.917. The number of aliphatic carboxylic acids is 1. The fraction of sp³-hybridized carbons (Fsp3) is 0.250. The molecular weight excluding hydrogens is 172 g/mol. The number of carbonyl (C=O) groups excluding carboxylic acids is 1. The number of aromatic nitrogens is 1. The predicted octanol–water partition coefficient (Wildman–Crippen LogP) is -2.33. The molecule has 1 unspecified atom stereocenters. The molecule has 1 aromatic heterocycles. The maximum atomic E-state index is 10.2. The van der Waals surface area contributed by atoms with Gasteiger partial charge in [-0.2, -0.15) is 0 Å². The highest BCUT2D eigenvalue weighted by atomic mass is 16.4. The van der Waals surface area contributed by atoms with E-state index in [9.17, 15) is 9.90 Å². The molecule has 0 aliphatic heterocycles. The first-order valence-electron chi connectivity index (χ1n) is 3.74. The van der Waals surface area contributed by atoms with Gasteiger partial charge >= 0.3 is 0 Å². The lowest BCUT2D eigenvalue weighted by Gasteiger charge is -2.10. The van der Waals surface area contributed by atoms with Gasteiger partial charge in [-0.1, -0.05) is 6.07 Å². The Bertz CT molecular complexity index is 314. The number of hydrogen-bond acceptors (Lipinski definition) is 4. The van der Waals surface area contributed by atoms with Crippen molar-refractivity contribution in [3.8, 4) is 0 Å². The third-order valence-corrected chi connectivity index (χ3v) is 1.62. The molecule has 70 valence electrons. The zero-order chi connectivity index (χ0) is 9.84. The number of aliphatic hydroxyl groups excluding tert-OH is 1. The Morgan fingerprint density at radius 1 is 1.69 bits per heavy atom. The van der Waals surface area contributed by atoms with Crippen molar-refractivity contribution in [1.82, 2.24) is 0 Å². The average molecular weight is 182 g/mol. The molecule has 0 radical (unpaired) electrons. The first-order chi connectivity index (χ1) is 6.11. The molecule has 0 fully saturated rings. The largest absolute Gasteiger partial charge is 0.547 e. The summed E-state index contributed by atoms with van der Waals surface area (Å²) >= 11 is 0. The van der Waals surface area contributed by atoms with E-state index in [1.54, 1.807) is 24.4 Å². The zero-order valence-corrected chi connectivity index (χ0v) is 6.88. The van der Waals surface area contributed by atoms with Crippen LogP contribution in [0.4, 0.5) is 5.82 Å². The molecule has 0 aromatic carbocycles. The van der Waals surface area contributed by atoms with E-state index in [0.29, 0.717) is 5.82 Å². The van der Waals surface area contributed by atoms with Gasteiger partial charge in [0.1, 0.15) is 12.6 Å². The molecule has 0 aliphatic carbocycles. The Balaban J connectivity index is 2.74. The van der Waals surface area contributed by atoms with Gasteiger partial charge in [-0.05, 0) is 6.07 Å². The highest BCUT2D eigenvalue weighted by Crippen LogP contribution is 1.92. The quantitative estimate of drug-likeness (QED) is 0.513. The molecule has 0 spiro atoms. The lowest BCUT2D eigenvalue weighted by atomic mass is 10.3. The van der Waals surface area contributed by atoms with Crippen molar-refractivity contribution in [2.45, 2.75) is 12.6 Å². The van der Waals surface area contributed by atoms with Gasteiger partial charge in [0.2, 0.25) is 0 Å². The Morgan fingerprint density at radius 2 is 2.38 bits per heavy atom. The van der Waals surface area contributed by atoms with E-state index in [4.69, 9.17) is 10.8 Å². The summed E-state index contributed by atoms with van der Waals surface area (Å²) in [5.74, 6) is -1.11. The van der Waals surface area contributed by atoms with Crippen molar-refractivity contribution in [3.05, 3.63) is 24.4 Å². The Labute approximate surface area is 75.0 Å². The highest BCUT2D eigenvalue weighted by molar-refractivity contribution is 5.69. The predicted molar refractivity (Wildman–Crippen MR) is 42.1 cm³/mol. The molecule has 0 aliphatic rings. The third-order valence-electron chi connectivity index (χ3n) is 1.62. The Kier molecular flexibility index (Phi) is 2.81. The lowest BCUT2D eigenvalue weighted by molar-refractivity contribution is -0.688. The van der Waals surface area contributed by atoms with Gasteiger partial charge in [-0.25, -0.2) is 4.57 Å². The van der Waals surface area contributed by atoms with E-state index in [1.165, 1.54) is 4.57 Å². The van der Waals surface area contributed by atoms with E-state index in [-0.39, 0.29) is 6.54 Å². The van der Waals surface area contributed by atoms with Gasteiger partial charge in [0, 0.05) is 6.07 Å². The van der Waals surface area contributed by atoms with Gasteiger partial charge in [-0.15, -0.1) is 0 Å². The van der Waals surface area contributed by atoms with E-state index < -0.39 is 12.1 Å². The van der Waals surface area contributed by atoms with Gasteiger partial charge in [0.05, 0.1) is 12.2 Å². The van der Waals surface area contributed by atoms with Gasteiger partial charge < -0.3 is 15.0 Å². The van der Waals surface area contributed by atoms with E-state index in [2.05, 4.69) is 0 Å². The maximum absolute atomic E-state index is 10.2. The number of nitrogens with two attached hydrogens (primary N) is 1. The molecule has 5 nitrogen and oxygen atoms in total. The molecule has 1 rings (SSSR count). The summed E-state index contributed by atoms with van der Waals surface area (Å²) in [6.45, 7) is -0.102. The molecule has 1 heterocycles. The second-order valence-electron chi connectivity index (χ2n) is 2.61.